The summed E-state index contributed by atoms with van der Waals surface area (Å²) >= 11 is 0. The Balaban J connectivity index is 1.61. The fourth-order valence-corrected chi connectivity index (χ4v) is 4.60. The van der Waals surface area contributed by atoms with E-state index in [4.69, 9.17) is 0 Å². The van der Waals surface area contributed by atoms with Gasteiger partial charge < -0.3 is 20.6 Å². The summed E-state index contributed by atoms with van der Waals surface area (Å²) < 4.78 is 0. The van der Waals surface area contributed by atoms with E-state index >= 15 is 0 Å². The van der Waals surface area contributed by atoms with Gasteiger partial charge in [0.05, 0.1) is 23.2 Å². The first-order valence-corrected chi connectivity index (χ1v) is 12.6. The van der Waals surface area contributed by atoms with Crippen LogP contribution in [0.4, 0.5) is 0 Å². The predicted molar refractivity (Wildman–Crippen MR) is 136 cm³/mol. The lowest BCUT2D eigenvalue weighted by Gasteiger charge is -2.37. The standard InChI is InChI=1S/C27H40N4O3/c1-18(2)8-7-14-31-15-12-22(24(32)17-31)29-27(34)23(16-19(3)4)30-26(33)21-11-5-9-20-10-6-13-28-25(20)21/h5-6,9-11,13,18-19,22-24,32H,7-8,12,14-17H2,1-4H3,(H,29,34)(H,30,33)/t22?,23-,24?/m0/s1. The van der Waals surface area contributed by atoms with E-state index in [0.717, 1.165) is 24.9 Å². The van der Waals surface area contributed by atoms with Crippen molar-refractivity contribution in [1.82, 2.24) is 20.5 Å². The zero-order valence-electron chi connectivity index (χ0n) is 21.0. The molecule has 7 nitrogen and oxygen atoms in total. The van der Waals surface area contributed by atoms with Crippen LogP contribution in [0.1, 0.15) is 63.7 Å². The SMILES string of the molecule is CC(C)CCCN1CCC(NC(=O)[C@H](CC(C)C)NC(=O)c2cccc3cccnc23)C(O)C1. The molecule has 34 heavy (non-hydrogen) atoms. The minimum atomic E-state index is -0.678. The number of amides is 2. The third kappa shape index (κ3) is 7.24. The number of β-amino-alcohol motifs (C(OH)–C–C–N with tert-alkyl or cyclic N) is 1. The minimum Gasteiger partial charge on any atom is -0.390 e. The van der Waals surface area contributed by atoms with Crippen molar-refractivity contribution in [1.29, 1.82) is 0 Å². The van der Waals surface area contributed by atoms with Gasteiger partial charge >= 0.3 is 0 Å². The number of nitrogens with zero attached hydrogens (tertiary/aromatic N) is 2. The fraction of sp³-hybridized carbons (Fsp3) is 0.593. The summed E-state index contributed by atoms with van der Waals surface area (Å²) in [5.74, 6) is 0.340. The van der Waals surface area contributed by atoms with Crippen molar-refractivity contribution in [3.63, 3.8) is 0 Å². The normalized spacial score (nSPS) is 20.0. The number of piperidine rings is 1. The van der Waals surface area contributed by atoms with E-state index in [2.05, 4.69) is 34.4 Å². The number of rotatable bonds is 10. The molecule has 1 fully saturated rings. The van der Waals surface area contributed by atoms with Crippen LogP contribution in [-0.2, 0) is 4.79 Å². The Morgan fingerprint density at radius 2 is 1.91 bits per heavy atom. The number of likely N-dealkylation sites (tertiary alicyclic amines) is 1. The maximum Gasteiger partial charge on any atom is 0.254 e. The third-order valence-electron chi connectivity index (χ3n) is 6.46. The van der Waals surface area contributed by atoms with Crippen LogP contribution in [0.15, 0.2) is 36.5 Å². The lowest BCUT2D eigenvalue weighted by molar-refractivity contribution is -0.125. The second kappa shape index (κ2) is 12.3. The Bertz CT molecular complexity index is 957. The van der Waals surface area contributed by atoms with Crippen molar-refractivity contribution in [3.8, 4) is 0 Å². The molecule has 1 aliphatic rings. The molecule has 3 N–H and O–H groups in total. The molecule has 1 saturated heterocycles. The van der Waals surface area contributed by atoms with E-state index in [1.807, 2.05) is 38.1 Å². The minimum absolute atomic E-state index is 0.217. The average molecular weight is 469 g/mol. The van der Waals surface area contributed by atoms with Crippen LogP contribution < -0.4 is 10.6 Å². The Hall–Kier alpha value is -2.51. The van der Waals surface area contributed by atoms with Crippen molar-refractivity contribution in [2.75, 3.05) is 19.6 Å². The number of carbonyl (C=O) groups is 2. The van der Waals surface area contributed by atoms with Crippen molar-refractivity contribution >= 4 is 22.7 Å². The zero-order chi connectivity index (χ0) is 24.7. The van der Waals surface area contributed by atoms with E-state index in [1.165, 1.54) is 6.42 Å². The molecular weight excluding hydrogens is 428 g/mol. The van der Waals surface area contributed by atoms with Gasteiger partial charge in [-0.2, -0.15) is 0 Å². The number of hydrogen-bond donors (Lipinski definition) is 3. The van der Waals surface area contributed by atoms with Crippen molar-refractivity contribution in [2.45, 2.75) is 71.6 Å². The summed E-state index contributed by atoms with van der Waals surface area (Å²) in [6.07, 6.45) is 4.55. The number of carbonyl (C=O) groups excluding carboxylic acids is 2. The van der Waals surface area contributed by atoms with Crippen LogP contribution in [0.2, 0.25) is 0 Å². The van der Waals surface area contributed by atoms with Gasteiger partial charge in [-0.3, -0.25) is 14.6 Å². The third-order valence-corrected chi connectivity index (χ3v) is 6.46. The maximum absolute atomic E-state index is 13.2. The quantitative estimate of drug-likeness (QED) is 0.497. The molecule has 2 aromatic rings. The van der Waals surface area contributed by atoms with Crippen LogP contribution in [0.3, 0.4) is 0 Å². The Morgan fingerprint density at radius 1 is 1.15 bits per heavy atom. The van der Waals surface area contributed by atoms with Gasteiger partial charge in [-0.1, -0.05) is 45.9 Å². The summed E-state index contributed by atoms with van der Waals surface area (Å²) in [6.45, 7) is 10.9. The van der Waals surface area contributed by atoms with Crippen LogP contribution in [0, 0.1) is 11.8 Å². The molecule has 2 amide bonds. The lowest BCUT2D eigenvalue weighted by atomic mass is 9.98. The van der Waals surface area contributed by atoms with Gasteiger partial charge in [-0.15, -0.1) is 0 Å². The first-order chi connectivity index (χ1) is 16.2. The first kappa shape index (κ1) is 26.1. The summed E-state index contributed by atoms with van der Waals surface area (Å²) in [4.78, 5) is 32.9. The molecule has 0 aliphatic carbocycles. The van der Waals surface area contributed by atoms with E-state index < -0.39 is 12.1 Å². The molecule has 0 radical (unpaired) electrons. The van der Waals surface area contributed by atoms with Crippen molar-refractivity contribution in [3.05, 3.63) is 42.1 Å². The summed E-state index contributed by atoms with van der Waals surface area (Å²) in [7, 11) is 0. The molecule has 3 atom stereocenters. The van der Waals surface area contributed by atoms with Crippen LogP contribution in [0.5, 0.6) is 0 Å². The number of aliphatic hydroxyl groups excluding tert-OH is 1. The van der Waals surface area contributed by atoms with Gasteiger partial charge in [0, 0.05) is 24.7 Å². The van der Waals surface area contributed by atoms with Crippen LogP contribution >= 0.6 is 0 Å². The molecule has 0 bridgehead atoms. The van der Waals surface area contributed by atoms with Gasteiger partial charge in [-0.25, -0.2) is 0 Å². The molecule has 186 valence electrons. The number of benzene rings is 1. The highest BCUT2D eigenvalue weighted by Crippen LogP contribution is 2.18. The summed E-state index contributed by atoms with van der Waals surface area (Å²) in [5.41, 5.74) is 1.07. The molecule has 2 unspecified atom stereocenters. The van der Waals surface area contributed by atoms with E-state index in [-0.39, 0.29) is 23.8 Å². The molecule has 1 aromatic heterocycles. The predicted octanol–water partition coefficient (Wildman–Crippen LogP) is 3.37. The smallest absolute Gasteiger partial charge is 0.254 e. The largest absolute Gasteiger partial charge is 0.390 e. The number of aliphatic hydroxyl groups is 1. The molecule has 1 aliphatic heterocycles. The number of pyridine rings is 1. The lowest BCUT2D eigenvalue weighted by Crippen LogP contribution is -2.57. The average Bonchev–Trinajstić information content (AvgIpc) is 2.79. The Labute approximate surface area is 203 Å². The Morgan fingerprint density at radius 3 is 2.62 bits per heavy atom. The first-order valence-electron chi connectivity index (χ1n) is 12.6. The summed E-state index contributed by atoms with van der Waals surface area (Å²) in [5, 5.41) is 17.5. The fourth-order valence-electron chi connectivity index (χ4n) is 4.60. The second-order valence-electron chi connectivity index (χ2n) is 10.3. The van der Waals surface area contributed by atoms with E-state index in [1.54, 1.807) is 12.3 Å². The van der Waals surface area contributed by atoms with E-state index in [9.17, 15) is 14.7 Å². The van der Waals surface area contributed by atoms with Crippen molar-refractivity contribution < 1.29 is 14.7 Å². The van der Waals surface area contributed by atoms with Crippen molar-refractivity contribution in [2.24, 2.45) is 11.8 Å². The number of aromatic nitrogens is 1. The Kier molecular flexibility index (Phi) is 9.42. The van der Waals surface area contributed by atoms with Gasteiger partial charge in [0.1, 0.15) is 6.04 Å². The number of fused-ring (bicyclic) bond motifs is 1. The van der Waals surface area contributed by atoms with E-state index in [0.29, 0.717) is 36.4 Å². The van der Waals surface area contributed by atoms with Gasteiger partial charge in [0.25, 0.3) is 5.91 Å². The molecule has 1 aromatic carbocycles. The molecule has 3 rings (SSSR count). The van der Waals surface area contributed by atoms with Crippen LogP contribution in [-0.4, -0.2) is 64.6 Å². The zero-order valence-corrected chi connectivity index (χ0v) is 21.0. The van der Waals surface area contributed by atoms with Gasteiger partial charge in [0.15, 0.2) is 0 Å². The molecule has 0 spiro atoms. The molecule has 2 heterocycles. The van der Waals surface area contributed by atoms with Gasteiger partial charge in [-0.05, 0) is 56.2 Å². The highest BCUT2D eigenvalue weighted by atomic mass is 16.3. The maximum atomic E-state index is 13.2. The molecular formula is C27H40N4O3. The van der Waals surface area contributed by atoms with Crippen LogP contribution in [0.25, 0.3) is 10.9 Å². The monoisotopic (exact) mass is 468 g/mol. The summed E-state index contributed by atoms with van der Waals surface area (Å²) in [6, 6.07) is 8.22. The molecule has 0 saturated carbocycles. The molecule has 7 heteroatoms. The number of hydrogen-bond acceptors (Lipinski definition) is 5. The topological polar surface area (TPSA) is 94.6 Å². The number of para-hydroxylation sites is 1. The van der Waals surface area contributed by atoms with Gasteiger partial charge in [0.2, 0.25) is 5.91 Å². The highest BCUT2D eigenvalue weighted by molar-refractivity contribution is 6.06. The second-order valence-corrected chi connectivity index (χ2v) is 10.3. The number of nitrogens with one attached hydrogen (secondary N) is 2. The highest BCUT2D eigenvalue weighted by Gasteiger charge is 2.31.